The summed E-state index contributed by atoms with van der Waals surface area (Å²) >= 11 is 6.03. The van der Waals surface area contributed by atoms with E-state index in [9.17, 15) is 0 Å². The van der Waals surface area contributed by atoms with Crippen LogP contribution >= 0.6 is 11.6 Å². The van der Waals surface area contributed by atoms with Gasteiger partial charge in [0.05, 0.1) is 0 Å². The van der Waals surface area contributed by atoms with Gasteiger partial charge in [-0.3, -0.25) is 4.90 Å². The van der Waals surface area contributed by atoms with Crippen LogP contribution in [0, 0.1) is 0 Å². The monoisotopic (exact) mass is 319 g/mol. The number of aromatic nitrogens is 1. The number of piperidine rings is 1. The molecule has 1 atom stereocenters. The van der Waals surface area contributed by atoms with Crippen molar-refractivity contribution in [2.75, 3.05) is 33.2 Å². The van der Waals surface area contributed by atoms with E-state index in [0.717, 1.165) is 36.0 Å². The summed E-state index contributed by atoms with van der Waals surface area (Å²) in [6.07, 6.45) is 3.71. The standard InChI is InChI=1S/C17H22ClN3O/c1-20-7-5-14(6-8-20)21-9-4-12(11-21)17-19-15-10-13(18)2-3-16(15)22-17/h2-3,10,12,14H,4-9,11H2,1H3/t12-/m0/s1. The summed E-state index contributed by atoms with van der Waals surface area (Å²) < 4.78 is 5.96. The molecule has 2 saturated heterocycles. The predicted molar refractivity (Wildman–Crippen MR) is 88.5 cm³/mol. The first-order valence-electron chi connectivity index (χ1n) is 8.17. The maximum Gasteiger partial charge on any atom is 0.199 e. The van der Waals surface area contributed by atoms with Crippen molar-refractivity contribution in [3.8, 4) is 0 Å². The Kier molecular flexibility index (Phi) is 3.84. The van der Waals surface area contributed by atoms with Crippen LogP contribution in [0.1, 0.15) is 31.1 Å². The fourth-order valence-electron chi connectivity index (χ4n) is 3.77. The molecular formula is C17H22ClN3O. The second-order valence-corrected chi connectivity index (χ2v) is 7.12. The first-order chi connectivity index (χ1) is 10.7. The number of oxazole rings is 1. The van der Waals surface area contributed by atoms with Crippen LogP contribution in [-0.4, -0.2) is 54.1 Å². The van der Waals surface area contributed by atoms with Crippen LogP contribution in [0.5, 0.6) is 0 Å². The van der Waals surface area contributed by atoms with Gasteiger partial charge in [-0.15, -0.1) is 0 Å². The minimum Gasteiger partial charge on any atom is -0.440 e. The smallest absolute Gasteiger partial charge is 0.199 e. The van der Waals surface area contributed by atoms with E-state index in [1.807, 2.05) is 18.2 Å². The lowest BCUT2D eigenvalue weighted by molar-refractivity contribution is 0.141. The summed E-state index contributed by atoms with van der Waals surface area (Å²) in [5.41, 5.74) is 1.72. The average molecular weight is 320 g/mol. The number of likely N-dealkylation sites (tertiary alicyclic amines) is 2. The van der Waals surface area contributed by atoms with Gasteiger partial charge < -0.3 is 9.32 Å². The van der Waals surface area contributed by atoms with Crippen LogP contribution in [0.15, 0.2) is 22.6 Å². The number of rotatable bonds is 2. The van der Waals surface area contributed by atoms with Crippen molar-refractivity contribution in [3.63, 3.8) is 0 Å². The highest BCUT2D eigenvalue weighted by molar-refractivity contribution is 6.31. The molecule has 2 aromatic rings. The Labute approximate surface area is 136 Å². The van der Waals surface area contributed by atoms with Crippen LogP contribution < -0.4 is 0 Å². The molecule has 4 rings (SSSR count). The van der Waals surface area contributed by atoms with Crippen molar-refractivity contribution in [2.45, 2.75) is 31.2 Å². The van der Waals surface area contributed by atoms with Crippen molar-refractivity contribution in [1.29, 1.82) is 0 Å². The molecule has 0 aliphatic carbocycles. The Balaban J connectivity index is 1.47. The van der Waals surface area contributed by atoms with Crippen LogP contribution in [0.2, 0.25) is 5.02 Å². The van der Waals surface area contributed by atoms with E-state index in [0.29, 0.717) is 10.9 Å². The highest BCUT2D eigenvalue weighted by atomic mass is 35.5. The van der Waals surface area contributed by atoms with Gasteiger partial charge >= 0.3 is 0 Å². The molecule has 0 saturated carbocycles. The molecule has 0 unspecified atom stereocenters. The lowest BCUT2D eigenvalue weighted by Gasteiger charge is -2.35. The molecule has 5 heteroatoms. The molecule has 0 amide bonds. The second kappa shape index (κ2) is 5.84. The van der Waals surface area contributed by atoms with E-state index in [2.05, 4.69) is 21.8 Å². The molecule has 0 spiro atoms. The van der Waals surface area contributed by atoms with Crippen molar-refractivity contribution >= 4 is 22.7 Å². The molecule has 0 N–H and O–H groups in total. The van der Waals surface area contributed by atoms with E-state index < -0.39 is 0 Å². The Morgan fingerprint density at radius 1 is 1.18 bits per heavy atom. The summed E-state index contributed by atoms with van der Waals surface area (Å²) in [7, 11) is 2.21. The van der Waals surface area contributed by atoms with Gasteiger partial charge in [-0.2, -0.15) is 0 Å². The van der Waals surface area contributed by atoms with Crippen LogP contribution in [-0.2, 0) is 0 Å². The minimum absolute atomic E-state index is 0.422. The van der Waals surface area contributed by atoms with E-state index in [4.69, 9.17) is 16.0 Å². The maximum atomic E-state index is 6.03. The Morgan fingerprint density at radius 3 is 2.82 bits per heavy atom. The normalized spacial score (nSPS) is 25.3. The van der Waals surface area contributed by atoms with Crippen LogP contribution in [0.3, 0.4) is 0 Å². The highest BCUT2D eigenvalue weighted by Gasteiger charge is 2.33. The fraction of sp³-hybridized carbons (Fsp3) is 0.588. The van der Waals surface area contributed by atoms with E-state index in [1.54, 1.807) is 0 Å². The molecule has 118 valence electrons. The van der Waals surface area contributed by atoms with E-state index >= 15 is 0 Å². The second-order valence-electron chi connectivity index (χ2n) is 6.68. The van der Waals surface area contributed by atoms with Crippen molar-refractivity contribution in [3.05, 3.63) is 29.1 Å². The molecule has 1 aromatic heterocycles. The topological polar surface area (TPSA) is 32.5 Å². The van der Waals surface area contributed by atoms with Gasteiger partial charge in [0, 0.05) is 23.5 Å². The van der Waals surface area contributed by atoms with Gasteiger partial charge in [0.1, 0.15) is 5.52 Å². The molecule has 2 fully saturated rings. The molecule has 0 radical (unpaired) electrons. The summed E-state index contributed by atoms with van der Waals surface area (Å²) in [6.45, 7) is 4.67. The first-order valence-corrected chi connectivity index (χ1v) is 8.55. The molecular weight excluding hydrogens is 298 g/mol. The fourth-order valence-corrected chi connectivity index (χ4v) is 3.94. The summed E-state index contributed by atoms with van der Waals surface area (Å²) in [5.74, 6) is 1.30. The zero-order chi connectivity index (χ0) is 15.1. The van der Waals surface area contributed by atoms with E-state index in [1.165, 1.54) is 32.5 Å². The quantitative estimate of drug-likeness (QED) is 0.849. The highest BCUT2D eigenvalue weighted by Crippen LogP contribution is 2.32. The number of nitrogens with zero attached hydrogens (tertiary/aromatic N) is 3. The van der Waals surface area contributed by atoms with E-state index in [-0.39, 0.29) is 0 Å². The summed E-state index contributed by atoms with van der Waals surface area (Å²) in [4.78, 5) is 9.72. The average Bonchev–Trinajstić information content (AvgIpc) is 3.13. The Bertz CT molecular complexity index is 663. The van der Waals surface area contributed by atoms with Crippen molar-refractivity contribution < 1.29 is 4.42 Å². The lowest BCUT2D eigenvalue weighted by atomic mass is 10.0. The zero-order valence-electron chi connectivity index (χ0n) is 13.0. The van der Waals surface area contributed by atoms with Crippen LogP contribution in [0.4, 0.5) is 0 Å². The molecule has 1 aromatic carbocycles. The van der Waals surface area contributed by atoms with Crippen molar-refractivity contribution in [1.82, 2.24) is 14.8 Å². The summed E-state index contributed by atoms with van der Waals surface area (Å²) in [6, 6.07) is 6.39. The summed E-state index contributed by atoms with van der Waals surface area (Å²) in [5, 5.41) is 0.715. The lowest BCUT2D eigenvalue weighted by Crippen LogP contribution is -2.42. The molecule has 22 heavy (non-hydrogen) atoms. The molecule has 3 heterocycles. The van der Waals surface area contributed by atoms with Gasteiger partial charge in [-0.25, -0.2) is 4.98 Å². The number of benzene rings is 1. The van der Waals surface area contributed by atoms with Gasteiger partial charge in [0.2, 0.25) is 0 Å². The number of fused-ring (bicyclic) bond motifs is 1. The minimum atomic E-state index is 0.422. The number of hydrogen-bond donors (Lipinski definition) is 0. The number of halogens is 1. The third kappa shape index (κ3) is 2.75. The molecule has 4 nitrogen and oxygen atoms in total. The zero-order valence-corrected chi connectivity index (χ0v) is 13.7. The Hall–Kier alpha value is -1.10. The third-order valence-corrected chi connectivity index (χ3v) is 5.37. The molecule has 2 aliphatic rings. The third-order valence-electron chi connectivity index (χ3n) is 5.14. The predicted octanol–water partition coefficient (Wildman–Crippen LogP) is 3.36. The van der Waals surface area contributed by atoms with Gasteiger partial charge in [-0.1, -0.05) is 11.6 Å². The Morgan fingerprint density at radius 2 is 2.00 bits per heavy atom. The largest absolute Gasteiger partial charge is 0.440 e. The van der Waals surface area contributed by atoms with Crippen LogP contribution in [0.25, 0.3) is 11.1 Å². The van der Waals surface area contributed by atoms with Gasteiger partial charge in [-0.05, 0) is 64.1 Å². The SMILES string of the molecule is CN1CCC(N2CC[C@H](c3nc4cc(Cl)ccc4o3)C2)CC1. The molecule has 0 bridgehead atoms. The number of hydrogen-bond acceptors (Lipinski definition) is 4. The maximum absolute atomic E-state index is 6.03. The van der Waals surface area contributed by atoms with Gasteiger partial charge in [0.25, 0.3) is 0 Å². The van der Waals surface area contributed by atoms with Gasteiger partial charge in [0.15, 0.2) is 11.5 Å². The molecule has 2 aliphatic heterocycles. The van der Waals surface area contributed by atoms with Crippen molar-refractivity contribution in [2.24, 2.45) is 0 Å². The first kappa shape index (κ1) is 14.5.